The molecule has 170 valence electrons. The number of benzene rings is 2. The minimum atomic E-state index is -0.949. The summed E-state index contributed by atoms with van der Waals surface area (Å²) in [6, 6.07) is 11.2. The predicted molar refractivity (Wildman–Crippen MR) is 124 cm³/mol. The van der Waals surface area contributed by atoms with Gasteiger partial charge in [-0.15, -0.1) is 0 Å². The monoisotopic (exact) mass is 445 g/mol. The number of nitrogens with zero attached hydrogens (tertiary/aromatic N) is 1. The number of hydrogen-bond acceptors (Lipinski definition) is 4. The van der Waals surface area contributed by atoms with E-state index >= 15 is 0 Å². The highest BCUT2D eigenvalue weighted by Gasteiger charge is 2.64. The number of methoxy groups -OCH3 is 1. The standard InChI is InChI=1S/C27H27NO5/c1-33-25(30)16-10-11-17-20(12-16)28-14-27(26(31)32)13-19(27)23-18(8-5-9-21(23)29)24(28)22(17)15-6-3-2-4-7-15/h5,8-12,15,19,29H,2-4,6-7,13-14H2,1H3,(H,31,32). The first-order chi connectivity index (χ1) is 16.0. The molecule has 2 heterocycles. The van der Waals surface area contributed by atoms with Gasteiger partial charge in [-0.2, -0.15) is 0 Å². The molecule has 2 aromatic carbocycles. The van der Waals surface area contributed by atoms with Crippen LogP contribution < -0.4 is 0 Å². The zero-order valence-corrected chi connectivity index (χ0v) is 18.6. The summed E-state index contributed by atoms with van der Waals surface area (Å²) in [5.41, 5.74) is 4.31. The number of phenols is 1. The van der Waals surface area contributed by atoms with E-state index in [4.69, 9.17) is 4.74 Å². The molecular weight excluding hydrogens is 418 g/mol. The number of phenolic OH excluding ortho intramolecular Hbond substituents is 1. The van der Waals surface area contributed by atoms with Crippen LogP contribution in [0.3, 0.4) is 0 Å². The first-order valence-corrected chi connectivity index (χ1v) is 11.8. The van der Waals surface area contributed by atoms with Crippen LogP contribution in [-0.2, 0) is 16.1 Å². The third kappa shape index (κ3) is 2.79. The number of rotatable bonds is 3. The number of aliphatic carboxylic acids is 1. The fourth-order valence-corrected chi connectivity index (χ4v) is 6.45. The number of fused-ring (bicyclic) bond motifs is 7. The molecule has 2 saturated carbocycles. The van der Waals surface area contributed by atoms with Crippen LogP contribution >= 0.6 is 0 Å². The molecule has 0 spiro atoms. The number of carbonyl (C=O) groups excluding carboxylic acids is 1. The van der Waals surface area contributed by atoms with Crippen LogP contribution in [0.25, 0.3) is 22.2 Å². The summed E-state index contributed by atoms with van der Waals surface area (Å²) in [7, 11) is 1.37. The number of esters is 1. The molecule has 1 aromatic heterocycles. The number of hydrogen-bond donors (Lipinski definition) is 2. The van der Waals surface area contributed by atoms with Crippen LogP contribution in [0.4, 0.5) is 0 Å². The predicted octanol–water partition coefficient (Wildman–Crippen LogP) is 5.42. The average molecular weight is 446 g/mol. The number of aromatic hydroxyl groups is 1. The lowest BCUT2D eigenvalue weighted by Crippen LogP contribution is -2.22. The van der Waals surface area contributed by atoms with E-state index in [9.17, 15) is 19.8 Å². The first-order valence-electron chi connectivity index (χ1n) is 11.8. The van der Waals surface area contributed by atoms with Crippen molar-refractivity contribution in [3.63, 3.8) is 0 Å². The largest absolute Gasteiger partial charge is 0.508 e. The molecule has 2 N–H and O–H groups in total. The van der Waals surface area contributed by atoms with Gasteiger partial charge in [-0.05, 0) is 48.9 Å². The summed E-state index contributed by atoms with van der Waals surface area (Å²) in [6.07, 6.45) is 6.26. The third-order valence-corrected chi connectivity index (χ3v) is 8.17. The number of ether oxygens (including phenoxy) is 1. The van der Waals surface area contributed by atoms with Gasteiger partial charge >= 0.3 is 11.9 Å². The zero-order valence-electron chi connectivity index (χ0n) is 18.6. The van der Waals surface area contributed by atoms with Crippen molar-refractivity contribution in [1.29, 1.82) is 0 Å². The molecule has 2 atom stereocenters. The maximum atomic E-state index is 12.5. The van der Waals surface area contributed by atoms with Gasteiger partial charge in [0, 0.05) is 34.5 Å². The van der Waals surface area contributed by atoms with Crippen LogP contribution in [0.1, 0.15) is 71.8 Å². The summed E-state index contributed by atoms with van der Waals surface area (Å²) in [5.74, 6) is -0.921. The minimum Gasteiger partial charge on any atom is -0.508 e. The van der Waals surface area contributed by atoms with E-state index in [1.165, 1.54) is 31.9 Å². The summed E-state index contributed by atoms with van der Waals surface area (Å²) in [4.78, 5) is 24.8. The van der Waals surface area contributed by atoms with E-state index < -0.39 is 17.4 Å². The van der Waals surface area contributed by atoms with Gasteiger partial charge < -0.3 is 19.5 Å². The van der Waals surface area contributed by atoms with Gasteiger partial charge in [-0.1, -0.05) is 37.5 Å². The Morgan fingerprint density at radius 2 is 1.88 bits per heavy atom. The van der Waals surface area contributed by atoms with Crippen LogP contribution in [0, 0.1) is 5.41 Å². The Bertz CT molecular complexity index is 1320. The number of carboxylic acids is 1. The summed E-state index contributed by atoms with van der Waals surface area (Å²) >= 11 is 0. The molecule has 33 heavy (non-hydrogen) atoms. The highest BCUT2D eigenvalue weighted by Crippen LogP contribution is 2.66. The molecule has 0 amide bonds. The average Bonchev–Trinajstić information content (AvgIpc) is 3.49. The number of carbonyl (C=O) groups is 2. The fourth-order valence-electron chi connectivity index (χ4n) is 6.45. The van der Waals surface area contributed by atoms with Gasteiger partial charge in [-0.25, -0.2) is 4.79 Å². The maximum Gasteiger partial charge on any atom is 0.337 e. The lowest BCUT2D eigenvalue weighted by atomic mass is 9.81. The molecule has 6 nitrogen and oxygen atoms in total. The minimum absolute atomic E-state index is 0.171. The van der Waals surface area contributed by atoms with Crippen molar-refractivity contribution in [3.05, 3.63) is 53.1 Å². The molecule has 0 bridgehead atoms. The fraction of sp³-hybridized carbons (Fsp3) is 0.407. The Hall–Kier alpha value is -3.28. The van der Waals surface area contributed by atoms with Crippen LogP contribution in [0.5, 0.6) is 5.75 Å². The van der Waals surface area contributed by atoms with E-state index in [1.807, 2.05) is 24.3 Å². The van der Waals surface area contributed by atoms with E-state index in [1.54, 1.807) is 12.1 Å². The van der Waals surface area contributed by atoms with Crippen molar-refractivity contribution < 1.29 is 24.5 Å². The van der Waals surface area contributed by atoms with Gasteiger partial charge in [0.15, 0.2) is 0 Å². The molecule has 6 rings (SSSR count). The van der Waals surface area contributed by atoms with Crippen molar-refractivity contribution in [2.45, 2.75) is 56.9 Å². The lowest BCUT2D eigenvalue weighted by molar-refractivity contribution is -0.144. The molecular formula is C27H27NO5. The molecule has 3 aliphatic rings. The Labute approximate surface area is 191 Å². The molecule has 2 unspecified atom stereocenters. The van der Waals surface area contributed by atoms with Crippen LogP contribution in [0.15, 0.2) is 36.4 Å². The van der Waals surface area contributed by atoms with Crippen molar-refractivity contribution in [2.24, 2.45) is 5.41 Å². The summed E-state index contributed by atoms with van der Waals surface area (Å²) in [6.45, 7) is 0.324. The summed E-state index contributed by atoms with van der Waals surface area (Å²) in [5, 5.41) is 22.2. The van der Waals surface area contributed by atoms with Crippen molar-refractivity contribution in [2.75, 3.05) is 7.11 Å². The highest BCUT2D eigenvalue weighted by molar-refractivity contribution is 6.00. The van der Waals surface area contributed by atoms with E-state index in [-0.39, 0.29) is 11.7 Å². The second-order valence-corrected chi connectivity index (χ2v) is 9.86. The topological polar surface area (TPSA) is 88.8 Å². The van der Waals surface area contributed by atoms with Crippen molar-refractivity contribution >= 4 is 22.8 Å². The van der Waals surface area contributed by atoms with Crippen molar-refractivity contribution in [1.82, 2.24) is 4.57 Å². The van der Waals surface area contributed by atoms with Crippen LogP contribution in [0.2, 0.25) is 0 Å². The van der Waals surface area contributed by atoms with Gasteiger partial charge in [-0.3, -0.25) is 4.79 Å². The Balaban J connectivity index is 1.71. The molecule has 2 aliphatic carbocycles. The van der Waals surface area contributed by atoms with Gasteiger partial charge in [0.2, 0.25) is 0 Å². The first kappa shape index (κ1) is 20.3. The Kier molecular flexibility index (Phi) is 4.38. The molecule has 1 aliphatic heterocycles. The Morgan fingerprint density at radius 3 is 2.61 bits per heavy atom. The normalized spacial score (nSPS) is 23.8. The smallest absolute Gasteiger partial charge is 0.337 e. The van der Waals surface area contributed by atoms with Crippen LogP contribution in [-0.4, -0.2) is 33.8 Å². The molecule has 0 saturated heterocycles. The van der Waals surface area contributed by atoms with E-state index in [2.05, 4.69) is 4.57 Å². The SMILES string of the molecule is COC(=O)c1ccc2c(C3CCCCC3)c3n(c2c1)CC1(C(=O)O)CC1c1c(O)cccc1-3. The lowest BCUT2D eigenvalue weighted by Gasteiger charge is -2.24. The second-order valence-electron chi connectivity index (χ2n) is 9.86. The van der Waals surface area contributed by atoms with E-state index in [0.717, 1.165) is 40.6 Å². The highest BCUT2D eigenvalue weighted by atomic mass is 16.5. The maximum absolute atomic E-state index is 12.5. The van der Waals surface area contributed by atoms with Gasteiger partial charge in [0.1, 0.15) is 5.75 Å². The van der Waals surface area contributed by atoms with E-state index in [0.29, 0.717) is 24.4 Å². The Morgan fingerprint density at radius 1 is 1.09 bits per heavy atom. The van der Waals surface area contributed by atoms with Gasteiger partial charge in [0.05, 0.1) is 23.8 Å². The third-order valence-electron chi connectivity index (χ3n) is 8.17. The molecule has 6 heteroatoms. The summed E-state index contributed by atoms with van der Waals surface area (Å²) < 4.78 is 7.08. The quantitative estimate of drug-likeness (QED) is 0.526. The number of carboxylic acid groups (broad SMARTS) is 1. The van der Waals surface area contributed by atoms with Gasteiger partial charge in [0.25, 0.3) is 0 Å². The molecule has 3 aromatic rings. The second kappa shape index (κ2) is 7.11. The molecule has 2 fully saturated rings. The molecule has 0 radical (unpaired) electrons. The zero-order chi connectivity index (χ0) is 22.9. The number of aromatic nitrogens is 1. The van der Waals surface area contributed by atoms with Crippen molar-refractivity contribution in [3.8, 4) is 17.0 Å².